The Morgan fingerprint density at radius 3 is 2.35 bits per heavy atom. The number of carboxylic acids is 1. The van der Waals surface area contributed by atoms with Gasteiger partial charge >= 0.3 is 12.1 Å². The van der Waals surface area contributed by atoms with Crippen molar-refractivity contribution in [2.45, 2.75) is 6.18 Å². The van der Waals surface area contributed by atoms with E-state index in [0.717, 1.165) is 0 Å². The summed E-state index contributed by atoms with van der Waals surface area (Å²) in [5.41, 5.74) is 0. The van der Waals surface area contributed by atoms with Crippen LogP contribution in [0.5, 0.6) is 0 Å². The number of carbonyl (C=O) groups is 2. The minimum absolute atomic E-state index is 0.00148. The van der Waals surface area contributed by atoms with Gasteiger partial charge in [-0.05, 0) is 0 Å². The summed E-state index contributed by atoms with van der Waals surface area (Å²) < 4.78 is 43.5. The summed E-state index contributed by atoms with van der Waals surface area (Å²) in [6.45, 7) is -2.74. The van der Waals surface area contributed by atoms with Crippen LogP contribution in [0.1, 0.15) is 0 Å². The average Bonchev–Trinajstić information content (AvgIpc) is 2.14. The number of aliphatic carboxylic acids is 1. The molecule has 0 radical (unpaired) electrons. The lowest BCUT2D eigenvalue weighted by Crippen LogP contribution is -2.32. The summed E-state index contributed by atoms with van der Waals surface area (Å²) in [4.78, 5) is 20.8. The molecule has 100 valence electrons. The summed E-state index contributed by atoms with van der Waals surface area (Å²) >= 11 is 0. The Kier molecular flexibility index (Phi) is 7.22. The van der Waals surface area contributed by atoms with Gasteiger partial charge in [0.05, 0.1) is 6.61 Å². The fraction of sp³-hybridized carbons (Fsp3) is 0.750. The van der Waals surface area contributed by atoms with Gasteiger partial charge in [-0.15, -0.1) is 0 Å². The molecular weight excluding hydrogens is 247 g/mol. The summed E-state index contributed by atoms with van der Waals surface area (Å²) in [6, 6.07) is 0. The molecule has 0 aliphatic carbocycles. The normalized spacial score (nSPS) is 11.2. The molecule has 2 N–H and O–H groups in total. The monoisotopic (exact) mass is 259 g/mol. The Morgan fingerprint density at radius 1 is 1.18 bits per heavy atom. The lowest BCUT2D eigenvalue weighted by atomic mass is 10.5. The second-order valence-corrected chi connectivity index (χ2v) is 2.90. The van der Waals surface area contributed by atoms with Gasteiger partial charge in [0.25, 0.3) is 0 Å². The number of rotatable bonds is 8. The van der Waals surface area contributed by atoms with Crippen LogP contribution < -0.4 is 5.32 Å². The van der Waals surface area contributed by atoms with Crippen LogP contribution in [0.15, 0.2) is 0 Å². The van der Waals surface area contributed by atoms with Crippen molar-refractivity contribution in [1.29, 1.82) is 0 Å². The predicted octanol–water partition coefficient (Wildman–Crippen LogP) is -0.217. The van der Waals surface area contributed by atoms with E-state index in [-0.39, 0.29) is 13.2 Å². The summed E-state index contributed by atoms with van der Waals surface area (Å²) in [6.07, 6.45) is -4.47. The van der Waals surface area contributed by atoms with Gasteiger partial charge in [0.15, 0.2) is 0 Å². The number of ether oxygens (including phenoxy) is 2. The Morgan fingerprint density at radius 2 is 1.82 bits per heavy atom. The Hall–Kier alpha value is -1.35. The molecule has 1 amide bonds. The van der Waals surface area contributed by atoms with Crippen molar-refractivity contribution in [3.63, 3.8) is 0 Å². The van der Waals surface area contributed by atoms with Crippen molar-refractivity contribution in [1.82, 2.24) is 5.32 Å². The molecular formula is C8H12F3NO5. The quantitative estimate of drug-likeness (QED) is 0.589. The first-order valence-electron chi connectivity index (χ1n) is 4.52. The van der Waals surface area contributed by atoms with Crippen molar-refractivity contribution in [2.24, 2.45) is 0 Å². The Labute approximate surface area is 94.7 Å². The van der Waals surface area contributed by atoms with Crippen LogP contribution in [0, 0.1) is 0 Å². The van der Waals surface area contributed by atoms with E-state index in [4.69, 9.17) is 5.11 Å². The topological polar surface area (TPSA) is 84.9 Å². The maximum atomic E-state index is 11.6. The molecule has 9 heteroatoms. The van der Waals surface area contributed by atoms with Crippen molar-refractivity contribution in [3.05, 3.63) is 0 Å². The van der Waals surface area contributed by atoms with E-state index in [1.54, 1.807) is 0 Å². The highest BCUT2D eigenvalue weighted by Gasteiger charge is 2.27. The molecule has 0 aliphatic heterocycles. The zero-order chi connectivity index (χ0) is 13.3. The van der Waals surface area contributed by atoms with Crippen LogP contribution in [0.4, 0.5) is 13.2 Å². The van der Waals surface area contributed by atoms with Gasteiger partial charge in [-0.2, -0.15) is 13.2 Å². The van der Waals surface area contributed by atoms with Crippen LogP contribution in [-0.4, -0.2) is 56.1 Å². The molecule has 0 aromatic heterocycles. The van der Waals surface area contributed by atoms with Crippen molar-refractivity contribution >= 4 is 11.9 Å². The number of hydrogen-bond donors (Lipinski definition) is 2. The van der Waals surface area contributed by atoms with Crippen LogP contribution in [0.25, 0.3) is 0 Å². The molecule has 6 nitrogen and oxygen atoms in total. The molecule has 0 aromatic rings. The van der Waals surface area contributed by atoms with E-state index >= 15 is 0 Å². The summed E-state index contributed by atoms with van der Waals surface area (Å²) in [5.74, 6) is -1.88. The van der Waals surface area contributed by atoms with E-state index in [2.05, 4.69) is 14.8 Å². The molecule has 0 rings (SSSR count). The fourth-order valence-electron chi connectivity index (χ4n) is 0.733. The number of alkyl halides is 3. The molecule has 0 heterocycles. The van der Waals surface area contributed by atoms with Gasteiger partial charge in [0, 0.05) is 6.54 Å². The van der Waals surface area contributed by atoms with Gasteiger partial charge in [-0.1, -0.05) is 0 Å². The predicted molar refractivity (Wildman–Crippen MR) is 48.3 cm³/mol. The minimum atomic E-state index is -4.47. The molecule has 0 spiro atoms. The first-order chi connectivity index (χ1) is 7.81. The third-order valence-electron chi connectivity index (χ3n) is 1.29. The lowest BCUT2D eigenvalue weighted by Gasteiger charge is -2.08. The smallest absolute Gasteiger partial charge is 0.411 e. The van der Waals surface area contributed by atoms with Crippen LogP contribution in [0.2, 0.25) is 0 Å². The lowest BCUT2D eigenvalue weighted by molar-refractivity contribution is -0.175. The summed E-state index contributed by atoms with van der Waals surface area (Å²) in [7, 11) is 0. The molecule has 0 atom stereocenters. The first kappa shape index (κ1) is 15.7. The second kappa shape index (κ2) is 7.85. The number of carbonyl (C=O) groups excluding carboxylic acids is 1. The third kappa shape index (κ3) is 12.6. The first-order valence-corrected chi connectivity index (χ1v) is 4.52. The highest BCUT2D eigenvalue weighted by molar-refractivity contribution is 5.77. The highest BCUT2D eigenvalue weighted by Crippen LogP contribution is 2.13. The third-order valence-corrected chi connectivity index (χ3v) is 1.29. The number of hydrogen-bond acceptors (Lipinski definition) is 4. The fourth-order valence-corrected chi connectivity index (χ4v) is 0.733. The van der Waals surface area contributed by atoms with Gasteiger partial charge in [0.2, 0.25) is 5.91 Å². The van der Waals surface area contributed by atoms with Crippen molar-refractivity contribution in [3.8, 4) is 0 Å². The van der Waals surface area contributed by atoms with E-state index in [1.165, 1.54) is 0 Å². The Balaban J connectivity index is 3.38. The SMILES string of the molecule is O=C(O)COCCNC(=O)COCC(F)(F)F. The zero-order valence-corrected chi connectivity index (χ0v) is 8.75. The second-order valence-electron chi connectivity index (χ2n) is 2.90. The van der Waals surface area contributed by atoms with E-state index < -0.39 is 37.9 Å². The van der Waals surface area contributed by atoms with Crippen LogP contribution >= 0.6 is 0 Å². The van der Waals surface area contributed by atoms with E-state index in [1.807, 2.05) is 0 Å². The van der Waals surface area contributed by atoms with Gasteiger partial charge < -0.3 is 19.9 Å². The molecule has 0 aromatic carbocycles. The van der Waals surface area contributed by atoms with Crippen molar-refractivity contribution in [2.75, 3.05) is 33.0 Å². The number of amides is 1. The molecule has 0 bridgehead atoms. The molecule has 17 heavy (non-hydrogen) atoms. The molecule has 0 saturated carbocycles. The maximum absolute atomic E-state index is 11.6. The number of carboxylic acid groups (broad SMARTS) is 1. The molecule has 0 unspecified atom stereocenters. The average molecular weight is 259 g/mol. The van der Waals surface area contributed by atoms with Crippen LogP contribution in [0.3, 0.4) is 0 Å². The maximum Gasteiger partial charge on any atom is 0.411 e. The van der Waals surface area contributed by atoms with Gasteiger partial charge in [-0.3, -0.25) is 4.79 Å². The highest BCUT2D eigenvalue weighted by atomic mass is 19.4. The van der Waals surface area contributed by atoms with E-state index in [0.29, 0.717) is 0 Å². The molecule has 0 fully saturated rings. The number of halogens is 3. The van der Waals surface area contributed by atoms with Crippen LogP contribution in [-0.2, 0) is 19.1 Å². The van der Waals surface area contributed by atoms with E-state index in [9.17, 15) is 22.8 Å². The molecule has 0 saturated heterocycles. The standard InChI is InChI=1S/C8H12F3NO5/c9-8(10,11)5-17-3-6(13)12-1-2-16-4-7(14)15/h1-5H2,(H,12,13)(H,14,15). The molecule has 0 aliphatic rings. The van der Waals surface area contributed by atoms with Gasteiger partial charge in [0.1, 0.15) is 19.8 Å². The Bertz CT molecular complexity index is 256. The van der Waals surface area contributed by atoms with Crippen molar-refractivity contribution < 1.29 is 37.3 Å². The largest absolute Gasteiger partial charge is 0.480 e. The zero-order valence-electron chi connectivity index (χ0n) is 8.75. The minimum Gasteiger partial charge on any atom is -0.480 e. The van der Waals surface area contributed by atoms with Gasteiger partial charge in [-0.25, -0.2) is 4.79 Å². The number of nitrogens with one attached hydrogen (secondary N) is 1. The summed E-state index contributed by atoms with van der Waals surface area (Å²) in [5, 5.41) is 10.4.